The number of hydrogen-bond donors (Lipinski definition) is 1. The van der Waals surface area contributed by atoms with Crippen LogP contribution in [0, 0.1) is 0 Å². The fourth-order valence-corrected chi connectivity index (χ4v) is 3.79. The molecule has 1 fully saturated rings. The van der Waals surface area contributed by atoms with Crippen molar-refractivity contribution in [1.29, 1.82) is 0 Å². The van der Waals surface area contributed by atoms with Gasteiger partial charge in [-0.2, -0.15) is 0 Å². The summed E-state index contributed by atoms with van der Waals surface area (Å²) in [5.41, 5.74) is 0.810. The first-order valence-electron chi connectivity index (χ1n) is 7.59. The smallest absolute Gasteiger partial charge is 0.248 e. The average molecular weight is 313 g/mol. The Balaban J connectivity index is 1.52. The molecule has 22 heavy (non-hydrogen) atoms. The summed E-state index contributed by atoms with van der Waals surface area (Å²) in [6.45, 7) is 0. The third-order valence-corrected chi connectivity index (χ3v) is 5.02. The molecule has 0 spiro atoms. The van der Waals surface area contributed by atoms with E-state index in [-0.39, 0.29) is 5.91 Å². The number of carbonyl (C=O) groups is 1. The zero-order valence-corrected chi connectivity index (χ0v) is 13.1. The summed E-state index contributed by atoms with van der Waals surface area (Å²) in [6, 6.07) is 11.7. The highest BCUT2D eigenvalue weighted by molar-refractivity contribution is 8.00. The first-order chi connectivity index (χ1) is 10.8. The number of amides is 1. The van der Waals surface area contributed by atoms with Gasteiger partial charge >= 0.3 is 0 Å². The predicted molar refractivity (Wildman–Crippen MR) is 90.9 cm³/mol. The molecule has 1 aliphatic carbocycles. The van der Waals surface area contributed by atoms with E-state index in [9.17, 15) is 4.79 Å². The van der Waals surface area contributed by atoms with Crippen LogP contribution in [0.25, 0.3) is 6.08 Å². The SMILES string of the molecule is O=C(/C=C/c1ccco1)Nc1ccc(SC2CCCC2)cc1. The van der Waals surface area contributed by atoms with E-state index in [1.807, 2.05) is 23.9 Å². The number of carbonyl (C=O) groups excluding carboxylic acids is 1. The van der Waals surface area contributed by atoms with Crippen molar-refractivity contribution in [3.05, 3.63) is 54.5 Å². The van der Waals surface area contributed by atoms with Crippen LogP contribution in [-0.4, -0.2) is 11.2 Å². The highest BCUT2D eigenvalue weighted by Gasteiger charge is 2.15. The minimum absolute atomic E-state index is 0.160. The fraction of sp³-hybridized carbons (Fsp3) is 0.278. The predicted octanol–water partition coefficient (Wildman–Crippen LogP) is 4.97. The highest BCUT2D eigenvalue weighted by Crippen LogP contribution is 2.34. The van der Waals surface area contributed by atoms with Gasteiger partial charge < -0.3 is 9.73 Å². The molecule has 0 unspecified atom stereocenters. The van der Waals surface area contributed by atoms with Gasteiger partial charge in [0.25, 0.3) is 0 Å². The first kappa shape index (κ1) is 15.0. The van der Waals surface area contributed by atoms with Gasteiger partial charge in [0.15, 0.2) is 0 Å². The zero-order valence-electron chi connectivity index (χ0n) is 12.3. The second-order valence-electron chi connectivity index (χ2n) is 5.39. The van der Waals surface area contributed by atoms with E-state index in [0.717, 1.165) is 10.9 Å². The van der Waals surface area contributed by atoms with Gasteiger partial charge in [-0.3, -0.25) is 4.79 Å². The quantitative estimate of drug-likeness (QED) is 0.793. The maximum Gasteiger partial charge on any atom is 0.248 e. The number of anilines is 1. The van der Waals surface area contributed by atoms with Gasteiger partial charge in [0.2, 0.25) is 5.91 Å². The van der Waals surface area contributed by atoms with Gasteiger partial charge in [-0.15, -0.1) is 11.8 Å². The molecule has 2 aromatic rings. The Morgan fingerprint density at radius 2 is 1.95 bits per heavy atom. The zero-order chi connectivity index (χ0) is 15.2. The topological polar surface area (TPSA) is 42.2 Å². The lowest BCUT2D eigenvalue weighted by Gasteiger charge is -2.09. The Bertz CT molecular complexity index is 626. The molecule has 0 aliphatic heterocycles. The number of thioether (sulfide) groups is 1. The lowest BCUT2D eigenvalue weighted by Crippen LogP contribution is -2.07. The van der Waals surface area contributed by atoms with Crippen LogP contribution in [0.1, 0.15) is 31.4 Å². The minimum Gasteiger partial charge on any atom is -0.465 e. The van der Waals surface area contributed by atoms with Crippen molar-refractivity contribution in [2.45, 2.75) is 35.8 Å². The largest absolute Gasteiger partial charge is 0.465 e. The van der Waals surface area contributed by atoms with E-state index < -0.39 is 0 Å². The molecule has 0 atom stereocenters. The summed E-state index contributed by atoms with van der Waals surface area (Å²) < 4.78 is 5.14. The van der Waals surface area contributed by atoms with E-state index >= 15 is 0 Å². The third kappa shape index (κ3) is 4.28. The first-order valence-corrected chi connectivity index (χ1v) is 8.47. The van der Waals surface area contributed by atoms with Crippen molar-refractivity contribution < 1.29 is 9.21 Å². The number of benzene rings is 1. The molecular formula is C18H19NO2S. The Kier molecular flexibility index (Phi) is 5.01. The van der Waals surface area contributed by atoms with Crippen LogP contribution in [-0.2, 0) is 4.79 Å². The van der Waals surface area contributed by atoms with Crippen molar-refractivity contribution >= 4 is 29.4 Å². The van der Waals surface area contributed by atoms with Crippen LogP contribution in [0.3, 0.4) is 0 Å². The molecule has 4 heteroatoms. The third-order valence-electron chi connectivity index (χ3n) is 3.67. The van der Waals surface area contributed by atoms with E-state index in [1.54, 1.807) is 24.5 Å². The van der Waals surface area contributed by atoms with Gasteiger partial charge in [0.1, 0.15) is 5.76 Å². The number of furan rings is 1. The van der Waals surface area contributed by atoms with Crippen molar-refractivity contribution in [3.8, 4) is 0 Å². The molecule has 0 radical (unpaired) electrons. The molecule has 3 rings (SSSR count). The van der Waals surface area contributed by atoms with Crippen LogP contribution in [0.5, 0.6) is 0 Å². The maximum atomic E-state index is 11.8. The lowest BCUT2D eigenvalue weighted by atomic mass is 10.3. The van der Waals surface area contributed by atoms with Gasteiger partial charge in [-0.25, -0.2) is 0 Å². The monoisotopic (exact) mass is 313 g/mol. The molecule has 0 saturated heterocycles. The molecule has 1 saturated carbocycles. The van der Waals surface area contributed by atoms with Crippen molar-refractivity contribution in [3.63, 3.8) is 0 Å². The van der Waals surface area contributed by atoms with Gasteiger partial charge in [0, 0.05) is 21.9 Å². The number of nitrogens with one attached hydrogen (secondary N) is 1. The molecule has 1 N–H and O–H groups in total. The highest BCUT2D eigenvalue weighted by atomic mass is 32.2. The van der Waals surface area contributed by atoms with Crippen LogP contribution >= 0.6 is 11.8 Å². The molecule has 3 nitrogen and oxygen atoms in total. The Morgan fingerprint density at radius 1 is 1.18 bits per heavy atom. The van der Waals surface area contributed by atoms with E-state index in [4.69, 9.17) is 4.42 Å². The minimum atomic E-state index is -0.160. The lowest BCUT2D eigenvalue weighted by molar-refractivity contribution is -0.111. The molecule has 0 bridgehead atoms. The van der Waals surface area contributed by atoms with Gasteiger partial charge in [-0.1, -0.05) is 12.8 Å². The Hall–Kier alpha value is -1.94. The second kappa shape index (κ2) is 7.36. The normalized spacial score (nSPS) is 15.5. The van der Waals surface area contributed by atoms with E-state index in [2.05, 4.69) is 17.4 Å². The van der Waals surface area contributed by atoms with Crippen LogP contribution in [0.2, 0.25) is 0 Å². The van der Waals surface area contributed by atoms with E-state index in [0.29, 0.717) is 5.76 Å². The van der Waals surface area contributed by atoms with Gasteiger partial charge in [0.05, 0.1) is 6.26 Å². The van der Waals surface area contributed by atoms with Gasteiger partial charge in [-0.05, 0) is 55.3 Å². The van der Waals surface area contributed by atoms with Crippen LogP contribution < -0.4 is 5.32 Å². The summed E-state index contributed by atoms with van der Waals surface area (Å²) in [4.78, 5) is 13.1. The molecule has 1 aliphatic rings. The maximum absolute atomic E-state index is 11.8. The second-order valence-corrected chi connectivity index (χ2v) is 6.76. The summed E-state index contributed by atoms with van der Waals surface area (Å²) in [7, 11) is 0. The standard InChI is InChI=1S/C18H19NO2S/c20-18(12-9-15-4-3-13-21-15)19-14-7-10-17(11-8-14)22-16-5-1-2-6-16/h3-4,7-13,16H,1-2,5-6H2,(H,19,20)/b12-9+. The van der Waals surface area contributed by atoms with Crippen molar-refractivity contribution in [2.75, 3.05) is 5.32 Å². The molecule has 1 aromatic carbocycles. The summed E-state index contributed by atoms with van der Waals surface area (Å²) in [5, 5.41) is 3.61. The molecule has 1 aromatic heterocycles. The molecule has 1 amide bonds. The number of hydrogen-bond acceptors (Lipinski definition) is 3. The summed E-state index contributed by atoms with van der Waals surface area (Å²) in [5.74, 6) is 0.506. The molecular weight excluding hydrogens is 294 g/mol. The number of rotatable bonds is 5. The Labute approximate surface area is 134 Å². The van der Waals surface area contributed by atoms with Crippen LogP contribution in [0.4, 0.5) is 5.69 Å². The van der Waals surface area contributed by atoms with Crippen LogP contribution in [0.15, 0.2) is 58.1 Å². The van der Waals surface area contributed by atoms with Crippen molar-refractivity contribution in [2.24, 2.45) is 0 Å². The summed E-state index contributed by atoms with van der Waals surface area (Å²) in [6.07, 6.45) is 10.1. The Morgan fingerprint density at radius 3 is 2.64 bits per heavy atom. The molecule has 1 heterocycles. The molecule has 114 valence electrons. The summed E-state index contributed by atoms with van der Waals surface area (Å²) >= 11 is 1.95. The average Bonchev–Trinajstić information content (AvgIpc) is 3.20. The van der Waals surface area contributed by atoms with E-state index in [1.165, 1.54) is 36.7 Å². The fourth-order valence-electron chi connectivity index (χ4n) is 2.54. The van der Waals surface area contributed by atoms with Crippen molar-refractivity contribution in [1.82, 2.24) is 0 Å².